The second kappa shape index (κ2) is 8.28. The first-order valence-electron chi connectivity index (χ1n) is 10.0. The first kappa shape index (κ1) is 19.4. The fraction of sp³-hybridized carbons (Fsp3) is 0.125. The Morgan fingerprint density at radius 3 is 2.71 bits per heavy atom. The Morgan fingerprint density at radius 1 is 1.00 bits per heavy atom. The summed E-state index contributed by atoms with van der Waals surface area (Å²) in [5.41, 5.74) is 3.72. The zero-order valence-electron chi connectivity index (χ0n) is 16.6. The first-order valence-corrected chi connectivity index (χ1v) is 10.4. The molecule has 1 aromatic carbocycles. The van der Waals surface area contributed by atoms with E-state index < -0.39 is 0 Å². The monoisotopic (exact) mass is 429 g/mol. The van der Waals surface area contributed by atoms with Gasteiger partial charge in [0.25, 0.3) is 0 Å². The summed E-state index contributed by atoms with van der Waals surface area (Å²) >= 11 is 5.75. The summed E-state index contributed by atoms with van der Waals surface area (Å²) in [5.74, 6) is -0.272. The second-order valence-corrected chi connectivity index (χ2v) is 7.79. The maximum Gasteiger partial charge on any atom is 0.170 e. The molecule has 0 bridgehead atoms. The van der Waals surface area contributed by atoms with E-state index in [2.05, 4.69) is 26.3 Å². The van der Waals surface area contributed by atoms with E-state index in [4.69, 9.17) is 12.2 Å². The van der Waals surface area contributed by atoms with Crippen LogP contribution >= 0.6 is 12.2 Å². The Bertz CT molecular complexity index is 1190. The lowest BCUT2D eigenvalue weighted by atomic mass is 10.0. The number of hydrogen-bond acceptors (Lipinski definition) is 3. The van der Waals surface area contributed by atoms with E-state index in [-0.39, 0.29) is 17.9 Å². The number of halogens is 1. The molecule has 0 amide bonds. The van der Waals surface area contributed by atoms with Gasteiger partial charge in [-0.25, -0.2) is 4.39 Å². The lowest BCUT2D eigenvalue weighted by Crippen LogP contribution is -2.30. The molecule has 4 aromatic rings. The fourth-order valence-corrected chi connectivity index (χ4v) is 4.39. The van der Waals surface area contributed by atoms with Crippen molar-refractivity contribution in [1.29, 1.82) is 0 Å². The largest absolute Gasteiger partial charge is 0.352 e. The summed E-state index contributed by atoms with van der Waals surface area (Å²) in [6.45, 7) is 0.599. The average Bonchev–Trinajstić information content (AvgIpc) is 3.40. The number of nitrogens with zero attached hydrogens (tertiary/aromatic N) is 4. The van der Waals surface area contributed by atoms with E-state index in [1.807, 2.05) is 59.4 Å². The maximum absolute atomic E-state index is 14.0. The minimum Gasteiger partial charge on any atom is -0.352 e. The van der Waals surface area contributed by atoms with Crippen LogP contribution < -0.4 is 5.32 Å². The van der Waals surface area contributed by atoms with Gasteiger partial charge in [0, 0.05) is 42.7 Å². The summed E-state index contributed by atoms with van der Waals surface area (Å²) < 4.78 is 16.0. The van der Waals surface area contributed by atoms with Gasteiger partial charge in [-0.2, -0.15) is 0 Å². The molecule has 1 N–H and O–H groups in total. The van der Waals surface area contributed by atoms with Crippen LogP contribution in [0.5, 0.6) is 0 Å². The van der Waals surface area contributed by atoms with Crippen molar-refractivity contribution >= 4 is 17.3 Å². The molecule has 2 atom stereocenters. The van der Waals surface area contributed by atoms with Crippen molar-refractivity contribution in [2.75, 3.05) is 0 Å². The van der Waals surface area contributed by atoms with Crippen molar-refractivity contribution in [3.8, 4) is 5.69 Å². The third kappa shape index (κ3) is 3.80. The standard InChI is InChI=1S/C24H20FN5S/c25-18-7-3-8-19(14-18)29-13-5-10-21(29)23-22(20-9-1-2-12-27-20)28-24(31)30(23)16-17-6-4-11-26-15-17/h1-15,22-23H,16H2,(H,28,31). The number of thiocarbonyl (C=S) groups is 1. The van der Waals surface area contributed by atoms with Crippen LogP contribution in [0.1, 0.15) is 29.0 Å². The van der Waals surface area contributed by atoms with Crippen LogP contribution in [0.2, 0.25) is 0 Å². The number of aromatic nitrogens is 3. The smallest absolute Gasteiger partial charge is 0.170 e. The molecule has 1 saturated heterocycles. The van der Waals surface area contributed by atoms with Crippen molar-refractivity contribution in [3.05, 3.63) is 114 Å². The van der Waals surface area contributed by atoms with Crippen LogP contribution in [0, 0.1) is 5.82 Å². The Morgan fingerprint density at radius 2 is 1.94 bits per heavy atom. The minimum atomic E-state index is -0.272. The molecule has 3 aromatic heterocycles. The second-order valence-electron chi connectivity index (χ2n) is 7.40. The molecule has 4 heterocycles. The minimum absolute atomic E-state index is 0.138. The number of pyridine rings is 2. The molecule has 0 saturated carbocycles. The van der Waals surface area contributed by atoms with Crippen molar-refractivity contribution in [2.24, 2.45) is 0 Å². The zero-order chi connectivity index (χ0) is 21.2. The normalized spacial score (nSPS) is 18.2. The van der Waals surface area contributed by atoms with E-state index in [9.17, 15) is 4.39 Å². The molecule has 0 radical (unpaired) electrons. The van der Waals surface area contributed by atoms with Crippen molar-refractivity contribution < 1.29 is 4.39 Å². The number of benzene rings is 1. The summed E-state index contributed by atoms with van der Waals surface area (Å²) in [7, 11) is 0. The van der Waals surface area contributed by atoms with Crippen LogP contribution in [0.4, 0.5) is 4.39 Å². The molecule has 1 fully saturated rings. The van der Waals surface area contributed by atoms with E-state index in [1.165, 1.54) is 12.1 Å². The zero-order valence-corrected chi connectivity index (χ0v) is 17.4. The summed E-state index contributed by atoms with van der Waals surface area (Å²) in [6.07, 6.45) is 7.34. The van der Waals surface area contributed by atoms with Crippen LogP contribution in [0.3, 0.4) is 0 Å². The Kier molecular flexibility index (Phi) is 5.18. The molecule has 0 spiro atoms. The summed E-state index contributed by atoms with van der Waals surface area (Å²) in [4.78, 5) is 11.0. The maximum atomic E-state index is 14.0. The predicted octanol–water partition coefficient (Wildman–Crippen LogP) is 4.58. The van der Waals surface area contributed by atoms with Gasteiger partial charge < -0.3 is 14.8 Å². The highest BCUT2D eigenvalue weighted by atomic mass is 32.1. The SMILES string of the molecule is Fc1cccc(-n2cccc2C2C(c3ccccn3)NC(=S)N2Cc2cccnc2)c1. The predicted molar refractivity (Wildman–Crippen MR) is 121 cm³/mol. The molecular weight excluding hydrogens is 409 g/mol. The van der Waals surface area contributed by atoms with Gasteiger partial charge in [-0.05, 0) is 66.3 Å². The van der Waals surface area contributed by atoms with Gasteiger partial charge in [0.05, 0.1) is 17.8 Å². The van der Waals surface area contributed by atoms with Crippen LogP contribution in [0.15, 0.2) is 91.5 Å². The van der Waals surface area contributed by atoms with Gasteiger partial charge >= 0.3 is 0 Å². The van der Waals surface area contributed by atoms with Crippen molar-refractivity contribution in [3.63, 3.8) is 0 Å². The Hall–Kier alpha value is -3.58. The molecule has 1 aliphatic rings. The summed E-state index contributed by atoms with van der Waals surface area (Å²) in [5, 5.41) is 4.11. The van der Waals surface area contributed by atoms with Crippen LogP contribution in [-0.2, 0) is 6.54 Å². The van der Waals surface area contributed by atoms with E-state index in [0.29, 0.717) is 11.7 Å². The molecule has 7 heteroatoms. The molecule has 31 heavy (non-hydrogen) atoms. The van der Waals surface area contributed by atoms with Gasteiger partial charge in [-0.3, -0.25) is 9.97 Å². The van der Waals surface area contributed by atoms with Crippen molar-refractivity contribution in [1.82, 2.24) is 24.8 Å². The third-order valence-corrected chi connectivity index (χ3v) is 5.80. The Balaban J connectivity index is 1.61. The lowest BCUT2D eigenvalue weighted by Gasteiger charge is -2.29. The first-order chi connectivity index (χ1) is 15.2. The molecule has 0 aliphatic carbocycles. The number of nitrogens with one attached hydrogen (secondary N) is 1. The average molecular weight is 430 g/mol. The molecular formula is C24H20FN5S. The highest BCUT2D eigenvalue weighted by Gasteiger charge is 2.41. The highest BCUT2D eigenvalue weighted by molar-refractivity contribution is 7.80. The third-order valence-electron chi connectivity index (χ3n) is 5.44. The van der Waals surface area contributed by atoms with E-state index in [1.54, 1.807) is 18.5 Å². The van der Waals surface area contributed by atoms with Gasteiger partial charge in [0.15, 0.2) is 5.11 Å². The van der Waals surface area contributed by atoms with Crippen molar-refractivity contribution in [2.45, 2.75) is 18.6 Å². The Labute approximate surface area is 185 Å². The highest BCUT2D eigenvalue weighted by Crippen LogP contribution is 2.40. The lowest BCUT2D eigenvalue weighted by molar-refractivity contribution is 0.302. The van der Waals surface area contributed by atoms with Gasteiger partial charge in [-0.15, -0.1) is 0 Å². The van der Waals surface area contributed by atoms with Crippen LogP contribution in [0.25, 0.3) is 5.69 Å². The number of rotatable bonds is 5. The molecule has 2 unspecified atom stereocenters. The van der Waals surface area contributed by atoms with Crippen LogP contribution in [-0.4, -0.2) is 24.5 Å². The van der Waals surface area contributed by atoms with Gasteiger partial charge in [0.2, 0.25) is 0 Å². The van der Waals surface area contributed by atoms with E-state index in [0.717, 1.165) is 22.6 Å². The fourth-order valence-electron chi connectivity index (χ4n) is 4.08. The molecule has 1 aliphatic heterocycles. The number of hydrogen-bond donors (Lipinski definition) is 1. The topological polar surface area (TPSA) is 46.0 Å². The molecule has 5 nitrogen and oxygen atoms in total. The molecule has 5 rings (SSSR count). The van der Waals surface area contributed by atoms with E-state index >= 15 is 0 Å². The van der Waals surface area contributed by atoms with Gasteiger partial charge in [0.1, 0.15) is 5.82 Å². The molecule has 154 valence electrons. The summed E-state index contributed by atoms with van der Waals surface area (Å²) in [6, 6.07) is 20.2. The quantitative estimate of drug-likeness (QED) is 0.471. The van der Waals surface area contributed by atoms with Gasteiger partial charge in [-0.1, -0.05) is 18.2 Å².